The van der Waals surface area contributed by atoms with Crippen LogP contribution in [0.15, 0.2) is 42.5 Å². The summed E-state index contributed by atoms with van der Waals surface area (Å²) in [5.41, 5.74) is 2.83. The highest BCUT2D eigenvalue weighted by Gasteiger charge is 2.34. The summed E-state index contributed by atoms with van der Waals surface area (Å²) < 4.78 is 5.37. The van der Waals surface area contributed by atoms with Crippen LogP contribution in [0, 0.1) is 12.8 Å². The summed E-state index contributed by atoms with van der Waals surface area (Å²) in [5.74, 6) is -0.597. The molecule has 0 bridgehead atoms. The average molecular weight is 419 g/mol. The minimum absolute atomic E-state index is 0.193. The lowest BCUT2D eigenvalue weighted by Crippen LogP contribution is -2.49. The fourth-order valence-corrected chi connectivity index (χ4v) is 2.96. The molecule has 8 heteroatoms. The van der Waals surface area contributed by atoms with Crippen LogP contribution in [-0.4, -0.2) is 69.7 Å². The number of rotatable bonds is 9. The van der Waals surface area contributed by atoms with Gasteiger partial charge in [0.05, 0.1) is 6.10 Å². The van der Waals surface area contributed by atoms with Crippen molar-refractivity contribution in [2.45, 2.75) is 38.4 Å². The molecule has 0 heterocycles. The Morgan fingerprint density at radius 1 is 1.00 bits per heavy atom. The summed E-state index contributed by atoms with van der Waals surface area (Å²) in [6, 6.07) is 12.3. The molecule has 0 aromatic heterocycles. The predicted molar refractivity (Wildman–Crippen MR) is 111 cm³/mol. The number of aliphatic hydroxyl groups excluding tert-OH is 5. The van der Waals surface area contributed by atoms with E-state index in [9.17, 15) is 25.2 Å². The number of carbonyl (C=O) groups is 1. The highest BCUT2D eigenvalue weighted by atomic mass is 16.6. The van der Waals surface area contributed by atoms with Crippen LogP contribution < -0.4 is 10.1 Å². The van der Waals surface area contributed by atoms with Crippen LogP contribution in [0.3, 0.4) is 0 Å². The number of nitrogens with one attached hydrogen (secondary N) is 1. The second-order valence-electron chi connectivity index (χ2n) is 7.28. The van der Waals surface area contributed by atoms with E-state index in [4.69, 9.17) is 9.84 Å². The molecule has 0 spiro atoms. The second-order valence-corrected chi connectivity index (χ2v) is 7.28. The first-order valence-electron chi connectivity index (χ1n) is 9.62. The van der Waals surface area contributed by atoms with Gasteiger partial charge < -0.3 is 35.6 Å². The van der Waals surface area contributed by atoms with Gasteiger partial charge in [-0.25, -0.2) is 0 Å². The van der Waals surface area contributed by atoms with Crippen LogP contribution in [0.1, 0.15) is 22.8 Å². The van der Waals surface area contributed by atoms with Crippen molar-refractivity contribution in [2.24, 2.45) is 5.92 Å². The van der Waals surface area contributed by atoms with Crippen molar-refractivity contribution in [1.29, 1.82) is 0 Å². The Morgan fingerprint density at radius 2 is 1.67 bits per heavy atom. The number of aliphatic hydroxyl groups is 5. The molecular formula is C22H29NO7. The maximum absolute atomic E-state index is 11.8. The third-order valence-corrected chi connectivity index (χ3v) is 4.97. The van der Waals surface area contributed by atoms with Crippen LogP contribution in [0.25, 0.3) is 11.1 Å². The Kier molecular flexibility index (Phi) is 8.33. The van der Waals surface area contributed by atoms with Crippen molar-refractivity contribution in [2.75, 3.05) is 13.7 Å². The molecule has 0 aliphatic rings. The summed E-state index contributed by atoms with van der Waals surface area (Å²) in [6.07, 6.45) is -6.70. The van der Waals surface area contributed by atoms with Crippen molar-refractivity contribution >= 4 is 5.91 Å². The largest absolute Gasteiger partial charge is 0.462 e. The topological polar surface area (TPSA) is 139 Å². The molecule has 0 saturated carbocycles. The first kappa shape index (κ1) is 23.8. The van der Waals surface area contributed by atoms with Crippen molar-refractivity contribution < 1.29 is 35.1 Å². The smallest absolute Gasteiger partial charge is 0.251 e. The number of benzene rings is 2. The van der Waals surface area contributed by atoms with Gasteiger partial charge in [0.2, 0.25) is 6.29 Å². The van der Waals surface area contributed by atoms with Gasteiger partial charge in [-0.15, -0.1) is 0 Å². The van der Waals surface area contributed by atoms with Gasteiger partial charge in [0.25, 0.3) is 5.91 Å². The van der Waals surface area contributed by atoms with Gasteiger partial charge >= 0.3 is 0 Å². The maximum Gasteiger partial charge on any atom is 0.251 e. The van der Waals surface area contributed by atoms with E-state index in [-0.39, 0.29) is 18.3 Å². The summed E-state index contributed by atoms with van der Waals surface area (Å²) in [4.78, 5) is 11.8. The number of hydrogen-bond donors (Lipinski definition) is 6. The molecule has 1 amide bonds. The van der Waals surface area contributed by atoms with E-state index in [0.29, 0.717) is 11.1 Å². The molecule has 2 aromatic rings. The molecule has 0 aliphatic carbocycles. The summed E-state index contributed by atoms with van der Waals surface area (Å²) in [6.45, 7) is 2.86. The number of aryl methyl sites for hydroxylation is 1. The number of ether oxygens (including phenoxy) is 1. The highest BCUT2D eigenvalue weighted by molar-refractivity contribution is 5.95. The molecule has 2 aromatic carbocycles. The van der Waals surface area contributed by atoms with E-state index in [2.05, 4.69) is 5.32 Å². The zero-order valence-electron chi connectivity index (χ0n) is 17.2. The number of hydrogen-bond acceptors (Lipinski definition) is 7. The Bertz CT molecular complexity index is 857. The van der Waals surface area contributed by atoms with Crippen molar-refractivity contribution in [3.05, 3.63) is 53.6 Å². The van der Waals surface area contributed by atoms with Gasteiger partial charge in [-0.2, -0.15) is 0 Å². The molecule has 5 atom stereocenters. The van der Waals surface area contributed by atoms with E-state index < -0.39 is 30.5 Å². The first-order chi connectivity index (χ1) is 14.2. The molecule has 5 unspecified atom stereocenters. The van der Waals surface area contributed by atoms with Gasteiger partial charge in [-0.3, -0.25) is 4.79 Å². The van der Waals surface area contributed by atoms with Crippen LogP contribution in [0.5, 0.6) is 5.75 Å². The zero-order chi connectivity index (χ0) is 22.4. The van der Waals surface area contributed by atoms with Crippen LogP contribution in [-0.2, 0) is 0 Å². The van der Waals surface area contributed by atoms with Crippen molar-refractivity contribution in [3.8, 4) is 16.9 Å². The van der Waals surface area contributed by atoms with Gasteiger partial charge in [0.1, 0.15) is 18.0 Å². The molecule has 2 rings (SSSR count). The Morgan fingerprint density at radius 3 is 2.27 bits per heavy atom. The number of amides is 1. The molecule has 0 saturated heterocycles. The van der Waals surface area contributed by atoms with Crippen molar-refractivity contribution in [1.82, 2.24) is 5.32 Å². The van der Waals surface area contributed by atoms with Gasteiger partial charge in [-0.1, -0.05) is 25.1 Å². The molecule has 0 radical (unpaired) electrons. The molecule has 30 heavy (non-hydrogen) atoms. The van der Waals surface area contributed by atoms with E-state index in [1.165, 1.54) is 6.92 Å². The van der Waals surface area contributed by atoms with Crippen LogP contribution in [0.4, 0.5) is 0 Å². The molecule has 6 N–H and O–H groups in total. The minimum atomic E-state index is -1.79. The molecule has 164 valence electrons. The molecule has 8 nitrogen and oxygen atoms in total. The lowest BCUT2D eigenvalue weighted by atomic mass is 9.96. The van der Waals surface area contributed by atoms with Crippen LogP contribution >= 0.6 is 0 Å². The monoisotopic (exact) mass is 419 g/mol. The summed E-state index contributed by atoms with van der Waals surface area (Å²) in [7, 11) is 1.56. The van der Waals surface area contributed by atoms with Gasteiger partial charge in [0.15, 0.2) is 0 Å². The van der Waals surface area contributed by atoms with E-state index in [0.717, 1.165) is 11.1 Å². The minimum Gasteiger partial charge on any atom is -0.462 e. The van der Waals surface area contributed by atoms with Gasteiger partial charge in [-0.05, 0) is 47.9 Å². The normalized spacial score (nSPS) is 16.3. The second kappa shape index (κ2) is 10.5. The third kappa shape index (κ3) is 5.56. The Labute approximate surface area is 175 Å². The maximum atomic E-state index is 11.8. The standard InChI is InChI=1S/C22H29NO7/c1-12-9-15(14-5-4-6-16(10-14)21(28)23-3)7-8-17(12)30-22(29)20(27)19(26)18(25)13(2)11-24/h4-10,13,18-20,22,24-27,29H,11H2,1-3H3,(H,23,28). The molecular weight excluding hydrogens is 390 g/mol. The summed E-state index contributed by atoms with van der Waals surface area (Å²) in [5, 5.41) is 51.8. The van der Waals surface area contributed by atoms with Gasteiger partial charge in [0, 0.05) is 25.1 Å². The fourth-order valence-electron chi connectivity index (χ4n) is 2.96. The molecule has 0 aliphatic heterocycles. The average Bonchev–Trinajstić information content (AvgIpc) is 2.77. The summed E-state index contributed by atoms with van der Waals surface area (Å²) >= 11 is 0. The van der Waals surface area contributed by atoms with Crippen molar-refractivity contribution in [3.63, 3.8) is 0 Å². The molecule has 0 fully saturated rings. The van der Waals surface area contributed by atoms with Crippen LogP contribution in [0.2, 0.25) is 0 Å². The fraction of sp³-hybridized carbons (Fsp3) is 0.409. The zero-order valence-corrected chi connectivity index (χ0v) is 17.2. The predicted octanol–water partition coefficient (Wildman–Crippen LogP) is 0.430. The first-order valence-corrected chi connectivity index (χ1v) is 9.62. The lowest BCUT2D eigenvalue weighted by Gasteiger charge is -2.29. The SMILES string of the molecule is CNC(=O)c1cccc(-c2ccc(OC(O)C(O)C(O)C(O)C(C)CO)c(C)c2)c1. The van der Waals surface area contributed by atoms with E-state index in [1.807, 2.05) is 6.07 Å². The lowest BCUT2D eigenvalue weighted by molar-refractivity contribution is -0.172. The van der Waals surface area contributed by atoms with E-state index in [1.54, 1.807) is 50.4 Å². The Hall–Kier alpha value is -2.49. The Balaban J connectivity index is 2.15. The highest BCUT2D eigenvalue weighted by Crippen LogP contribution is 2.28. The quantitative estimate of drug-likeness (QED) is 0.324. The van der Waals surface area contributed by atoms with E-state index >= 15 is 0 Å². The third-order valence-electron chi connectivity index (χ3n) is 4.97. The number of carbonyl (C=O) groups excluding carboxylic acids is 1.